The molecule has 0 bridgehead atoms. The van der Waals surface area contributed by atoms with E-state index in [1.165, 1.54) is 0 Å². The average Bonchev–Trinajstić information content (AvgIpc) is 2.97. The molecule has 1 aromatic heterocycles. The first kappa shape index (κ1) is 35.0. The Morgan fingerprint density at radius 3 is 2.04 bits per heavy atom. The van der Waals surface area contributed by atoms with Crippen LogP contribution in [0.25, 0.3) is 23.4 Å². The number of carbonyl (C=O) groups excluding carboxylic acids is 1. The maximum Gasteiger partial charge on any atom is 0.250 e. The van der Waals surface area contributed by atoms with Crippen molar-refractivity contribution < 1.29 is 14.0 Å². The number of aromatic nitrogens is 2. The molecule has 2 N–H and O–H groups in total. The molecule has 3 aromatic carbocycles. The lowest BCUT2D eigenvalue weighted by Gasteiger charge is -2.36. The number of hydrogen-bond acceptors (Lipinski definition) is 5. The Balaban J connectivity index is 1.53. The maximum atomic E-state index is 13.2. The van der Waals surface area contributed by atoms with Crippen molar-refractivity contribution >= 4 is 40.5 Å². The summed E-state index contributed by atoms with van der Waals surface area (Å²) in [6, 6.07) is 26.0. The molecule has 0 saturated carbocycles. The number of nitrogens with zero attached hydrogens (tertiary/aromatic N) is 2. The molecule has 1 amide bonds. The number of benzene rings is 3. The molecule has 4 rings (SSSR count). The van der Waals surface area contributed by atoms with Gasteiger partial charge in [-0.05, 0) is 89.7 Å². The van der Waals surface area contributed by atoms with E-state index < -0.39 is 16.6 Å². The first-order valence-corrected chi connectivity index (χ1v) is 21.8. The van der Waals surface area contributed by atoms with Crippen LogP contribution in [-0.2, 0) is 17.6 Å². The van der Waals surface area contributed by atoms with Crippen LogP contribution in [0.5, 0.6) is 5.75 Å². The standard InChI is InChI=1S/C38H49N3O3Si2/c1-37(2,3)46(8,9)44-32-22-20-31(21-23-32)34-27-39-36(33(40-34)24-19-28-13-11-10-12-14-28)41-35(42)25-29-15-17-30(18-16-29)26-38(4,5)45(6,7)43/h10-24,27,43H,25-26H2,1-9H3,(H,39,41,42)/b24-19+. The largest absolute Gasteiger partial charge is 0.544 e. The number of amides is 1. The Hall–Kier alpha value is -3.86. The number of rotatable bonds is 11. The summed E-state index contributed by atoms with van der Waals surface area (Å²) < 4.78 is 6.46. The minimum absolute atomic E-state index is 0.108. The van der Waals surface area contributed by atoms with Crippen molar-refractivity contribution in [1.29, 1.82) is 0 Å². The lowest BCUT2D eigenvalue weighted by molar-refractivity contribution is -0.115. The van der Waals surface area contributed by atoms with E-state index in [1.807, 2.05) is 92.0 Å². The summed E-state index contributed by atoms with van der Waals surface area (Å²) in [4.78, 5) is 33.4. The monoisotopic (exact) mass is 651 g/mol. The highest BCUT2D eigenvalue weighted by Crippen LogP contribution is 2.39. The van der Waals surface area contributed by atoms with E-state index in [-0.39, 0.29) is 22.4 Å². The third-order valence-electron chi connectivity index (χ3n) is 9.31. The van der Waals surface area contributed by atoms with Crippen molar-refractivity contribution in [3.63, 3.8) is 0 Å². The van der Waals surface area contributed by atoms with E-state index >= 15 is 0 Å². The molecule has 0 fully saturated rings. The molecule has 1 heterocycles. The number of hydrogen-bond donors (Lipinski definition) is 2. The molecule has 0 saturated heterocycles. The van der Waals surface area contributed by atoms with Crippen molar-refractivity contribution in [1.82, 2.24) is 9.97 Å². The lowest BCUT2D eigenvalue weighted by Crippen LogP contribution is -2.43. The van der Waals surface area contributed by atoms with Gasteiger partial charge in [-0.15, -0.1) is 0 Å². The molecule has 8 heteroatoms. The van der Waals surface area contributed by atoms with E-state index in [0.29, 0.717) is 17.2 Å². The summed E-state index contributed by atoms with van der Waals surface area (Å²) in [5, 5.41) is 2.95. The van der Waals surface area contributed by atoms with Crippen LogP contribution in [-0.4, -0.2) is 37.3 Å². The first-order chi connectivity index (χ1) is 21.4. The number of anilines is 1. The fraction of sp³-hybridized carbons (Fsp3) is 0.342. The molecule has 0 aliphatic heterocycles. The van der Waals surface area contributed by atoms with Crippen molar-refractivity contribution in [2.45, 2.75) is 83.7 Å². The molecule has 242 valence electrons. The number of carbonyl (C=O) groups is 1. The predicted molar refractivity (Wildman–Crippen MR) is 197 cm³/mol. The second-order valence-electron chi connectivity index (χ2n) is 14.8. The van der Waals surface area contributed by atoms with E-state index in [4.69, 9.17) is 9.41 Å². The SMILES string of the molecule is CC(C)(Cc1ccc(CC(=O)Nc2ncc(-c3ccc(O[Si](C)(C)C(C)(C)C)cc3)nc2/C=C/c2ccccc2)cc1)[Si](C)(C)O. The molecule has 46 heavy (non-hydrogen) atoms. The molecule has 0 atom stereocenters. The van der Waals surface area contributed by atoms with Crippen LogP contribution in [0.1, 0.15) is 57.0 Å². The van der Waals surface area contributed by atoms with Gasteiger partial charge >= 0.3 is 0 Å². The van der Waals surface area contributed by atoms with Crippen molar-refractivity contribution in [2.24, 2.45) is 0 Å². The van der Waals surface area contributed by atoms with Crippen LogP contribution >= 0.6 is 0 Å². The van der Waals surface area contributed by atoms with E-state index in [9.17, 15) is 9.59 Å². The lowest BCUT2D eigenvalue weighted by atomic mass is 10.00. The van der Waals surface area contributed by atoms with Crippen LogP contribution in [0.15, 0.2) is 85.1 Å². The van der Waals surface area contributed by atoms with Crippen molar-refractivity contribution in [3.05, 3.63) is 107 Å². The normalized spacial score (nSPS) is 12.7. The second-order valence-corrected chi connectivity index (χ2v) is 24.0. The molecule has 4 aromatic rings. The van der Waals surface area contributed by atoms with Gasteiger partial charge in [0.25, 0.3) is 0 Å². The summed E-state index contributed by atoms with van der Waals surface area (Å²) in [6.07, 6.45) is 6.56. The van der Waals surface area contributed by atoms with Gasteiger partial charge in [0.15, 0.2) is 14.1 Å². The zero-order valence-electron chi connectivity index (χ0n) is 28.8. The molecule has 0 aliphatic carbocycles. The Morgan fingerprint density at radius 1 is 0.848 bits per heavy atom. The summed E-state index contributed by atoms with van der Waals surface area (Å²) in [6.45, 7) is 19.4. The van der Waals surface area contributed by atoms with Crippen molar-refractivity contribution in [2.75, 3.05) is 5.32 Å². The minimum Gasteiger partial charge on any atom is -0.544 e. The summed E-state index contributed by atoms with van der Waals surface area (Å²) in [5.74, 6) is 1.10. The van der Waals surface area contributed by atoms with Gasteiger partial charge in [-0.1, -0.05) is 95.3 Å². The summed E-state index contributed by atoms with van der Waals surface area (Å²) in [7, 11) is -4.27. The van der Waals surface area contributed by atoms with E-state index in [0.717, 1.165) is 34.4 Å². The summed E-state index contributed by atoms with van der Waals surface area (Å²) in [5.41, 5.74) is 5.28. The van der Waals surface area contributed by atoms with E-state index in [1.54, 1.807) is 6.20 Å². The fourth-order valence-electron chi connectivity index (χ4n) is 4.50. The highest BCUT2D eigenvalue weighted by molar-refractivity contribution is 6.74. The highest BCUT2D eigenvalue weighted by Gasteiger charge is 2.39. The Kier molecular flexibility index (Phi) is 10.6. The molecule has 0 aliphatic rings. The molecule has 0 unspecified atom stereocenters. The zero-order valence-corrected chi connectivity index (χ0v) is 30.8. The topological polar surface area (TPSA) is 84.3 Å². The average molecular weight is 652 g/mol. The van der Waals surface area contributed by atoms with Gasteiger partial charge in [0.1, 0.15) is 11.4 Å². The van der Waals surface area contributed by atoms with Gasteiger partial charge in [0, 0.05) is 5.56 Å². The quantitative estimate of drug-likeness (QED) is 0.158. The third-order valence-corrected chi connectivity index (χ3v) is 17.2. The van der Waals surface area contributed by atoms with Gasteiger partial charge in [-0.3, -0.25) is 4.79 Å². The van der Waals surface area contributed by atoms with Gasteiger partial charge in [0.2, 0.25) is 14.2 Å². The van der Waals surface area contributed by atoms with Gasteiger partial charge in [-0.25, -0.2) is 9.97 Å². The van der Waals surface area contributed by atoms with E-state index in [2.05, 4.69) is 70.1 Å². The van der Waals surface area contributed by atoms with Gasteiger partial charge < -0.3 is 14.5 Å². The highest BCUT2D eigenvalue weighted by atomic mass is 28.4. The molecular formula is C38H49N3O3Si2. The fourth-order valence-corrected chi connectivity index (χ4v) is 6.17. The van der Waals surface area contributed by atoms with Crippen LogP contribution in [0.2, 0.25) is 36.3 Å². The molecule has 6 nitrogen and oxygen atoms in total. The van der Waals surface area contributed by atoms with Crippen molar-refractivity contribution in [3.8, 4) is 17.0 Å². The predicted octanol–water partition coefficient (Wildman–Crippen LogP) is 9.40. The maximum absolute atomic E-state index is 13.2. The van der Waals surface area contributed by atoms with Gasteiger partial charge in [-0.2, -0.15) is 0 Å². The molecule has 0 spiro atoms. The molecule has 0 radical (unpaired) electrons. The third kappa shape index (κ3) is 9.12. The second kappa shape index (κ2) is 13.9. The Bertz CT molecular complexity index is 1650. The first-order valence-electron chi connectivity index (χ1n) is 15.9. The van der Waals surface area contributed by atoms with Crippen LogP contribution < -0.4 is 9.74 Å². The van der Waals surface area contributed by atoms with Crippen LogP contribution in [0, 0.1) is 0 Å². The van der Waals surface area contributed by atoms with Gasteiger partial charge in [0.05, 0.1) is 18.3 Å². The molecular weight excluding hydrogens is 603 g/mol. The van der Waals surface area contributed by atoms with Crippen LogP contribution in [0.4, 0.5) is 5.82 Å². The summed E-state index contributed by atoms with van der Waals surface area (Å²) >= 11 is 0. The Labute approximate surface area is 277 Å². The zero-order chi connectivity index (χ0) is 33.8. The van der Waals surface area contributed by atoms with Crippen LogP contribution in [0.3, 0.4) is 0 Å². The smallest absolute Gasteiger partial charge is 0.250 e. The number of nitrogens with one attached hydrogen (secondary N) is 1. The Morgan fingerprint density at radius 2 is 1.46 bits per heavy atom. The minimum atomic E-state index is -2.32.